The van der Waals surface area contributed by atoms with E-state index in [0.29, 0.717) is 5.82 Å². The van der Waals surface area contributed by atoms with Crippen molar-refractivity contribution in [3.63, 3.8) is 0 Å². The van der Waals surface area contributed by atoms with Gasteiger partial charge in [-0.05, 0) is 49.7 Å². The van der Waals surface area contributed by atoms with Gasteiger partial charge in [-0.15, -0.1) is 10.2 Å². The molecule has 2 aromatic rings. The van der Waals surface area contributed by atoms with E-state index >= 15 is 0 Å². The molecule has 0 aliphatic heterocycles. The lowest BCUT2D eigenvalue weighted by molar-refractivity contribution is 0.102. The highest BCUT2D eigenvalue weighted by Crippen LogP contribution is 2.20. The second-order valence-corrected chi connectivity index (χ2v) is 5.11. The number of nitrogens with one attached hydrogen (secondary N) is 2. The predicted octanol–water partition coefficient (Wildman–Crippen LogP) is 3.23. The van der Waals surface area contributed by atoms with Crippen LogP contribution in [-0.4, -0.2) is 22.6 Å². The molecule has 0 fully saturated rings. The van der Waals surface area contributed by atoms with E-state index in [9.17, 15) is 4.79 Å². The summed E-state index contributed by atoms with van der Waals surface area (Å²) in [5.74, 6) is 0.380. The Bertz CT molecular complexity index is 613. The summed E-state index contributed by atoms with van der Waals surface area (Å²) in [6.07, 6.45) is 0. The number of hydrogen-bond acceptors (Lipinski definition) is 4. The van der Waals surface area contributed by atoms with Crippen molar-refractivity contribution in [3.05, 3.63) is 46.1 Å². The Hall–Kier alpha value is -1.95. The van der Waals surface area contributed by atoms with Gasteiger partial charge in [0.05, 0.1) is 0 Å². The molecule has 0 saturated carbocycles. The second-order valence-electron chi connectivity index (χ2n) is 4.25. The van der Waals surface area contributed by atoms with Gasteiger partial charge in [-0.25, -0.2) is 0 Å². The fraction of sp³-hybridized carbons (Fsp3) is 0.214. The zero-order chi connectivity index (χ0) is 14.5. The van der Waals surface area contributed by atoms with Gasteiger partial charge in [-0.2, -0.15) is 0 Å². The van der Waals surface area contributed by atoms with Crippen LogP contribution in [0.25, 0.3) is 0 Å². The van der Waals surface area contributed by atoms with E-state index in [0.717, 1.165) is 22.3 Å². The monoisotopic (exact) mass is 334 g/mol. The van der Waals surface area contributed by atoms with E-state index in [1.807, 2.05) is 32.0 Å². The van der Waals surface area contributed by atoms with Crippen molar-refractivity contribution in [2.45, 2.75) is 13.8 Å². The van der Waals surface area contributed by atoms with Crippen LogP contribution in [0.3, 0.4) is 0 Å². The molecule has 0 aliphatic carbocycles. The lowest BCUT2D eigenvalue weighted by atomic mass is 10.2. The summed E-state index contributed by atoms with van der Waals surface area (Å²) in [6.45, 7) is 4.70. The molecule has 104 valence electrons. The fourth-order valence-electron chi connectivity index (χ4n) is 1.65. The molecule has 1 aromatic heterocycles. The number of rotatable bonds is 4. The van der Waals surface area contributed by atoms with E-state index in [4.69, 9.17) is 0 Å². The molecule has 0 aliphatic rings. The minimum absolute atomic E-state index is 0.276. The summed E-state index contributed by atoms with van der Waals surface area (Å²) in [5, 5.41) is 13.7. The van der Waals surface area contributed by atoms with Gasteiger partial charge in [0.25, 0.3) is 5.91 Å². The Morgan fingerprint density at radius 3 is 2.65 bits per heavy atom. The first-order valence-corrected chi connectivity index (χ1v) is 7.04. The number of amides is 1. The highest BCUT2D eigenvalue weighted by atomic mass is 79.9. The minimum atomic E-state index is -0.276. The normalized spacial score (nSPS) is 10.2. The standard InChI is InChI=1S/C14H15BrN4O/c1-3-16-13-7-6-12(18-19-13)14(20)17-10-4-5-11(15)9(2)8-10/h4-8H,3H2,1-2H3,(H,16,19)(H,17,20). The third-order valence-electron chi connectivity index (χ3n) is 2.67. The molecular weight excluding hydrogens is 320 g/mol. The summed E-state index contributed by atoms with van der Waals surface area (Å²) < 4.78 is 1.00. The summed E-state index contributed by atoms with van der Waals surface area (Å²) in [4.78, 5) is 12.0. The molecule has 5 nitrogen and oxygen atoms in total. The predicted molar refractivity (Wildman–Crippen MR) is 83.0 cm³/mol. The Morgan fingerprint density at radius 2 is 2.05 bits per heavy atom. The quantitative estimate of drug-likeness (QED) is 0.900. The smallest absolute Gasteiger partial charge is 0.276 e. The van der Waals surface area contributed by atoms with Crippen LogP contribution in [-0.2, 0) is 0 Å². The van der Waals surface area contributed by atoms with Crippen LogP contribution in [0.5, 0.6) is 0 Å². The van der Waals surface area contributed by atoms with Crippen molar-refractivity contribution in [2.24, 2.45) is 0 Å². The van der Waals surface area contributed by atoms with Gasteiger partial charge >= 0.3 is 0 Å². The average Bonchev–Trinajstić information content (AvgIpc) is 2.44. The number of carbonyl (C=O) groups is 1. The molecule has 1 amide bonds. The largest absolute Gasteiger partial charge is 0.369 e. The van der Waals surface area contributed by atoms with Crippen LogP contribution in [0, 0.1) is 6.92 Å². The summed E-state index contributed by atoms with van der Waals surface area (Å²) in [7, 11) is 0. The lowest BCUT2D eigenvalue weighted by Gasteiger charge is -2.07. The average molecular weight is 335 g/mol. The summed E-state index contributed by atoms with van der Waals surface area (Å²) in [5.41, 5.74) is 2.07. The highest BCUT2D eigenvalue weighted by Gasteiger charge is 2.09. The zero-order valence-electron chi connectivity index (χ0n) is 11.3. The highest BCUT2D eigenvalue weighted by molar-refractivity contribution is 9.10. The molecule has 0 unspecified atom stereocenters. The number of benzene rings is 1. The van der Waals surface area contributed by atoms with Crippen LogP contribution < -0.4 is 10.6 Å². The number of aryl methyl sites for hydroxylation is 1. The molecule has 0 spiro atoms. The molecule has 1 aromatic carbocycles. The van der Waals surface area contributed by atoms with Crippen LogP contribution in [0.15, 0.2) is 34.8 Å². The fourth-order valence-corrected chi connectivity index (χ4v) is 1.89. The van der Waals surface area contributed by atoms with Gasteiger partial charge in [0.1, 0.15) is 5.82 Å². The Kier molecular flexibility index (Phi) is 4.68. The topological polar surface area (TPSA) is 66.9 Å². The van der Waals surface area contributed by atoms with E-state index in [2.05, 4.69) is 36.8 Å². The zero-order valence-corrected chi connectivity index (χ0v) is 12.9. The van der Waals surface area contributed by atoms with Crippen LogP contribution >= 0.6 is 15.9 Å². The molecule has 0 saturated heterocycles. The maximum absolute atomic E-state index is 12.0. The third kappa shape index (κ3) is 3.54. The first-order chi connectivity index (χ1) is 9.60. The van der Waals surface area contributed by atoms with Gasteiger partial charge < -0.3 is 10.6 Å². The molecule has 2 N–H and O–H groups in total. The number of aromatic nitrogens is 2. The first-order valence-electron chi connectivity index (χ1n) is 6.25. The molecule has 1 heterocycles. The summed E-state index contributed by atoms with van der Waals surface area (Å²) >= 11 is 3.42. The summed E-state index contributed by atoms with van der Waals surface area (Å²) in [6, 6.07) is 8.99. The second kappa shape index (κ2) is 6.47. The SMILES string of the molecule is CCNc1ccc(C(=O)Nc2ccc(Br)c(C)c2)nn1. The van der Waals surface area contributed by atoms with Crippen LogP contribution in [0.2, 0.25) is 0 Å². The molecule has 20 heavy (non-hydrogen) atoms. The molecule has 0 radical (unpaired) electrons. The van der Waals surface area contributed by atoms with Crippen molar-refractivity contribution in [3.8, 4) is 0 Å². The number of nitrogens with zero attached hydrogens (tertiary/aromatic N) is 2. The Morgan fingerprint density at radius 1 is 1.25 bits per heavy atom. The number of halogens is 1. The van der Waals surface area contributed by atoms with Gasteiger partial charge in [0.15, 0.2) is 5.69 Å². The van der Waals surface area contributed by atoms with Crippen molar-refractivity contribution in [1.29, 1.82) is 0 Å². The van der Waals surface area contributed by atoms with Crippen molar-refractivity contribution < 1.29 is 4.79 Å². The van der Waals surface area contributed by atoms with Crippen LogP contribution in [0.1, 0.15) is 23.0 Å². The van der Waals surface area contributed by atoms with E-state index in [1.54, 1.807) is 12.1 Å². The number of anilines is 2. The van der Waals surface area contributed by atoms with Gasteiger partial charge in [0, 0.05) is 16.7 Å². The third-order valence-corrected chi connectivity index (χ3v) is 3.56. The molecule has 0 bridgehead atoms. The van der Waals surface area contributed by atoms with Crippen LogP contribution in [0.4, 0.5) is 11.5 Å². The molecule has 2 rings (SSSR count). The van der Waals surface area contributed by atoms with Crippen molar-refractivity contribution >= 4 is 33.3 Å². The first kappa shape index (κ1) is 14.5. The van der Waals surface area contributed by atoms with E-state index in [-0.39, 0.29) is 11.6 Å². The maximum Gasteiger partial charge on any atom is 0.276 e. The Labute approximate surface area is 125 Å². The maximum atomic E-state index is 12.0. The molecule has 6 heteroatoms. The number of hydrogen-bond donors (Lipinski definition) is 2. The van der Waals surface area contributed by atoms with Gasteiger partial charge in [-0.3, -0.25) is 4.79 Å². The van der Waals surface area contributed by atoms with Crippen molar-refractivity contribution in [2.75, 3.05) is 17.2 Å². The minimum Gasteiger partial charge on any atom is -0.369 e. The van der Waals surface area contributed by atoms with Gasteiger partial charge in [0.2, 0.25) is 0 Å². The Balaban J connectivity index is 2.09. The lowest BCUT2D eigenvalue weighted by Crippen LogP contribution is -2.15. The van der Waals surface area contributed by atoms with E-state index in [1.165, 1.54) is 0 Å². The van der Waals surface area contributed by atoms with Crippen molar-refractivity contribution in [1.82, 2.24) is 10.2 Å². The van der Waals surface area contributed by atoms with E-state index < -0.39 is 0 Å². The molecule has 0 atom stereocenters. The van der Waals surface area contributed by atoms with Gasteiger partial charge in [-0.1, -0.05) is 15.9 Å². The number of carbonyl (C=O) groups excluding carboxylic acids is 1. The molecular formula is C14H15BrN4O.